The number of rotatable bonds is 5. The van der Waals surface area contributed by atoms with E-state index in [1.807, 2.05) is 24.3 Å². The summed E-state index contributed by atoms with van der Waals surface area (Å²) in [7, 11) is 0. The van der Waals surface area contributed by atoms with Gasteiger partial charge < -0.3 is 15.2 Å². The van der Waals surface area contributed by atoms with Gasteiger partial charge in [0.25, 0.3) is 0 Å². The molecule has 2 N–H and O–H groups in total. The van der Waals surface area contributed by atoms with E-state index in [-0.39, 0.29) is 0 Å². The zero-order valence-electron chi connectivity index (χ0n) is 11.0. The van der Waals surface area contributed by atoms with Crippen molar-refractivity contribution in [2.75, 3.05) is 32.9 Å². The third-order valence-electron chi connectivity index (χ3n) is 3.31. The van der Waals surface area contributed by atoms with Crippen LogP contribution in [-0.2, 0) is 11.3 Å². The Kier molecular flexibility index (Phi) is 4.99. The molecule has 0 amide bonds. The van der Waals surface area contributed by atoms with E-state index < -0.39 is 0 Å². The number of benzene rings is 1. The van der Waals surface area contributed by atoms with Crippen molar-refractivity contribution in [1.29, 1.82) is 0 Å². The fraction of sp³-hybridized carbons (Fsp3) is 0.571. The standard InChI is InChI=1S/C14H22N2O2/c1-12-11-17-8-6-16(12)7-9-18-14-4-2-13(10-15)3-5-14/h2-5,12H,6-11,15H2,1H3. The van der Waals surface area contributed by atoms with Gasteiger partial charge in [-0.05, 0) is 24.6 Å². The molecule has 0 aromatic heterocycles. The molecule has 1 aromatic carbocycles. The first-order valence-corrected chi connectivity index (χ1v) is 6.53. The third kappa shape index (κ3) is 3.70. The maximum Gasteiger partial charge on any atom is 0.119 e. The third-order valence-corrected chi connectivity index (χ3v) is 3.31. The number of ether oxygens (including phenoxy) is 2. The second kappa shape index (κ2) is 6.73. The van der Waals surface area contributed by atoms with Crippen LogP contribution < -0.4 is 10.5 Å². The van der Waals surface area contributed by atoms with Crippen LogP contribution in [0.1, 0.15) is 12.5 Å². The first kappa shape index (κ1) is 13.3. The van der Waals surface area contributed by atoms with Crippen molar-refractivity contribution in [2.45, 2.75) is 19.5 Å². The zero-order chi connectivity index (χ0) is 12.8. The van der Waals surface area contributed by atoms with Crippen LogP contribution in [0.4, 0.5) is 0 Å². The summed E-state index contributed by atoms with van der Waals surface area (Å²) in [5.74, 6) is 0.910. The quantitative estimate of drug-likeness (QED) is 0.854. The molecular weight excluding hydrogens is 228 g/mol. The summed E-state index contributed by atoms with van der Waals surface area (Å²) >= 11 is 0. The average molecular weight is 250 g/mol. The van der Waals surface area contributed by atoms with Crippen molar-refractivity contribution in [3.05, 3.63) is 29.8 Å². The summed E-state index contributed by atoms with van der Waals surface area (Å²) in [4.78, 5) is 2.40. The van der Waals surface area contributed by atoms with Gasteiger partial charge in [0.05, 0.1) is 13.2 Å². The van der Waals surface area contributed by atoms with Gasteiger partial charge in [0.1, 0.15) is 12.4 Å². The van der Waals surface area contributed by atoms with E-state index >= 15 is 0 Å². The second-order valence-electron chi connectivity index (χ2n) is 4.66. The molecule has 1 heterocycles. The van der Waals surface area contributed by atoms with E-state index in [1.165, 1.54) is 0 Å². The Morgan fingerprint density at radius 3 is 2.83 bits per heavy atom. The van der Waals surface area contributed by atoms with Crippen LogP contribution in [0.25, 0.3) is 0 Å². The highest BCUT2D eigenvalue weighted by atomic mass is 16.5. The van der Waals surface area contributed by atoms with Gasteiger partial charge in [-0.25, -0.2) is 0 Å². The normalized spacial score (nSPS) is 20.9. The molecule has 1 atom stereocenters. The predicted octanol–water partition coefficient (Wildman–Crippen LogP) is 1.24. The van der Waals surface area contributed by atoms with Gasteiger partial charge in [0, 0.05) is 25.7 Å². The summed E-state index contributed by atoms with van der Waals surface area (Å²) in [6.45, 7) is 7.08. The summed E-state index contributed by atoms with van der Waals surface area (Å²) < 4.78 is 11.1. The lowest BCUT2D eigenvalue weighted by Gasteiger charge is -2.32. The number of hydrogen-bond acceptors (Lipinski definition) is 4. The molecule has 0 bridgehead atoms. The number of nitrogens with two attached hydrogens (primary N) is 1. The van der Waals surface area contributed by atoms with E-state index in [1.54, 1.807) is 0 Å². The Morgan fingerprint density at radius 2 is 2.17 bits per heavy atom. The van der Waals surface area contributed by atoms with Crippen molar-refractivity contribution < 1.29 is 9.47 Å². The molecule has 0 radical (unpaired) electrons. The van der Waals surface area contributed by atoms with Gasteiger partial charge in [-0.3, -0.25) is 4.90 Å². The average Bonchev–Trinajstić information content (AvgIpc) is 2.42. The predicted molar refractivity (Wildman–Crippen MR) is 71.7 cm³/mol. The smallest absolute Gasteiger partial charge is 0.119 e. The molecule has 0 aliphatic carbocycles. The van der Waals surface area contributed by atoms with Crippen molar-refractivity contribution in [2.24, 2.45) is 5.73 Å². The minimum absolute atomic E-state index is 0.488. The van der Waals surface area contributed by atoms with E-state index in [9.17, 15) is 0 Å². The van der Waals surface area contributed by atoms with Gasteiger partial charge in [-0.1, -0.05) is 12.1 Å². The molecule has 1 fully saturated rings. The van der Waals surface area contributed by atoms with Crippen LogP contribution in [0.2, 0.25) is 0 Å². The molecule has 1 aliphatic heterocycles. The van der Waals surface area contributed by atoms with Crippen LogP contribution in [0, 0.1) is 0 Å². The summed E-state index contributed by atoms with van der Waals surface area (Å²) in [5, 5.41) is 0. The van der Waals surface area contributed by atoms with Crippen LogP contribution in [0.3, 0.4) is 0 Å². The Bertz CT molecular complexity index is 353. The van der Waals surface area contributed by atoms with E-state index in [2.05, 4.69) is 11.8 Å². The first-order valence-electron chi connectivity index (χ1n) is 6.53. The van der Waals surface area contributed by atoms with Crippen molar-refractivity contribution in [3.8, 4) is 5.75 Å². The minimum atomic E-state index is 0.488. The minimum Gasteiger partial charge on any atom is -0.492 e. The summed E-state index contributed by atoms with van der Waals surface area (Å²) in [6, 6.07) is 8.46. The van der Waals surface area contributed by atoms with Crippen LogP contribution in [0.5, 0.6) is 5.75 Å². The Hall–Kier alpha value is -1.10. The van der Waals surface area contributed by atoms with Crippen molar-refractivity contribution >= 4 is 0 Å². The van der Waals surface area contributed by atoms with Crippen LogP contribution in [0.15, 0.2) is 24.3 Å². The lowest BCUT2D eigenvalue weighted by Crippen LogP contribution is -2.45. The molecule has 1 aliphatic rings. The molecule has 0 spiro atoms. The lowest BCUT2D eigenvalue weighted by atomic mass is 10.2. The summed E-state index contributed by atoms with van der Waals surface area (Å²) in [5.41, 5.74) is 6.68. The Balaban J connectivity index is 1.73. The number of morpholine rings is 1. The fourth-order valence-corrected chi connectivity index (χ4v) is 2.10. The highest BCUT2D eigenvalue weighted by Gasteiger charge is 2.17. The van der Waals surface area contributed by atoms with E-state index in [0.717, 1.165) is 37.6 Å². The maximum absolute atomic E-state index is 5.73. The maximum atomic E-state index is 5.73. The van der Waals surface area contributed by atoms with Gasteiger partial charge in [0.15, 0.2) is 0 Å². The Labute approximate surface area is 109 Å². The van der Waals surface area contributed by atoms with Crippen LogP contribution in [-0.4, -0.2) is 43.9 Å². The van der Waals surface area contributed by atoms with Crippen molar-refractivity contribution in [1.82, 2.24) is 4.90 Å². The monoisotopic (exact) mass is 250 g/mol. The molecule has 0 saturated carbocycles. The molecule has 2 rings (SSSR count). The van der Waals surface area contributed by atoms with E-state index in [4.69, 9.17) is 15.2 Å². The fourth-order valence-electron chi connectivity index (χ4n) is 2.10. The second-order valence-corrected chi connectivity index (χ2v) is 4.66. The van der Waals surface area contributed by atoms with Gasteiger partial charge >= 0.3 is 0 Å². The van der Waals surface area contributed by atoms with Gasteiger partial charge in [-0.15, -0.1) is 0 Å². The topological polar surface area (TPSA) is 47.7 Å². The SMILES string of the molecule is CC1COCCN1CCOc1ccc(CN)cc1. The number of nitrogens with zero attached hydrogens (tertiary/aromatic N) is 1. The van der Waals surface area contributed by atoms with E-state index in [0.29, 0.717) is 19.2 Å². The Morgan fingerprint density at radius 1 is 1.39 bits per heavy atom. The zero-order valence-corrected chi connectivity index (χ0v) is 11.0. The molecule has 100 valence electrons. The van der Waals surface area contributed by atoms with Crippen LogP contribution >= 0.6 is 0 Å². The lowest BCUT2D eigenvalue weighted by molar-refractivity contribution is -0.00514. The molecular formula is C14H22N2O2. The largest absolute Gasteiger partial charge is 0.492 e. The first-order chi connectivity index (χ1) is 8.79. The molecule has 1 unspecified atom stereocenters. The highest BCUT2D eigenvalue weighted by molar-refractivity contribution is 5.27. The molecule has 1 aromatic rings. The molecule has 4 nitrogen and oxygen atoms in total. The van der Waals surface area contributed by atoms with Gasteiger partial charge in [-0.2, -0.15) is 0 Å². The molecule has 4 heteroatoms. The summed E-state index contributed by atoms with van der Waals surface area (Å²) in [6.07, 6.45) is 0. The van der Waals surface area contributed by atoms with Gasteiger partial charge in [0.2, 0.25) is 0 Å². The number of hydrogen-bond donors (Lipinski definition) is 1. The molecule has 18 heavy (non-hydrogen) atoms. The highest BCUT2D eigenvalue weighted by Crippen LogP contribution is 2.12. The molecule has 1 saturated heterocycles. The van der Waals surface area contributed by atoms with Crippen molar-refractivity contribution in [3.63, 3.8) is 0 Å².